The zero-order valence-corrected chi connectivity index (χ0v) is 15.1. The highest BCUT2D eigenvalue weighted by atomic mass is 35.5. The first-order chi connectivity index (χ1) is 13.4. The molecule has 7 nitrogen and oxygen atoms in total. The highest BCUT2D eigenvalue weighted by Gasteiger charge is 2.36. The van der Waals surface area contributed by atoms with Crippen LogP contribution in [0.1, 0.15) is 18.4 Å². The normalized spacial score (nSPS) is 18.7. The highest BCUT2D eigenvalue weighted by molar-refractivity contribution is 6.33. The monoisotopic (exact) mass is 408 g/mol. The SMILES string of the molecule is O=C(O)[C@H]1C[C@@H](Oc2nc3nc(NCc4c(F)cccc4F)c(Cl)cc3[nH]2)C1. The summed E-state index contributed by atoms with van der Waals surface area (Å²) in [6.07, 6.45) is 0.613. The number of imidazole rings is 1. The van der Waals surface area contributed by atoms with Gasteiger partial charge in [0.15, 0.2) is 5.65 Å². The summed E-state index contributed by atoms with van der Waals surface area (Å²) in [5, 5.41) is 12.0. The standard InChI is InChI=1S/C18H15ClF2N4O3/c19-11-6-14-16(25-18(23-14)28-9-4-8(5-9)17(26)27)24-15(11)22-7-10-12(20)2-1-3-13(10)21/h1-3,6,8-9H,4-5,7H2,(H,26,27)(H2,22,23,24,25)/t8-,9+. The number of halogens is 3. The smallest absolute Gasteiger partial charge is 0.306 e. The number of aromatic amines is 1. The van der Waals surface area contributed by atoms with Gasteiger partial charge in [0, 0.05) is 12.1 Å². The lowest BCUT2D eigenvalue weighted by Gasteiger charge is -2.31. The molecule has 0 unspecified atom stereocenters. The van der Waals surface area contributed by atoms with E-state index in [1.165, 1.54) is 18.2 Å². The average molecular weight is 409 g/mol. The van der Waals surface area contributed by atoms with Gasteiger partial charge in [-0.3, -0.25) is 4.79 Å². The molecule has 28 heavy (non-hydrogen) atoms. The van der Waals surface area contributed by atoms with Crippen molar-refractivity contribution >= 4 is 34.6 Å². The largest absolute Gasteiger partial charge is 0.481 e. The maximum atomic E-state index is 13.7. The molecule has 0 amide bonds. The number of nitrogens with zero attached hydrogens (tertiary/aromatic N) is 2. The van der Waals surface area contributed by atoms with Crippen molar-refractivity contribution in [2.75, 3.05) is 5.32 Å². The molecular weight excluding hydrogens is 394 g/mol. The number of ether oxygens (including phenoxy) is 1. The number of fused-ring (bicyclic) bond motifs is 1. The van der Waals surface area contributed by atoms with Gasteiger partial charge < -0.3 is 20.1 Å². The predicted molar refractivity (Wildman–Crippen MR) is 97.4 cm³/mol. The van der Waals surface area contributed by atoms with Crippen LogP contribution in [0.5, 0.6) is 6.01 Å². The minimum absolute atomic E-state index is 0.121. The lowest BCUT2D eigenvalue weighted by molar-refractivity contribution is -0.148. The van der Waals surface area contributed by atoms with Crippen molar-refractivity contribution in [2.45, 2.75) is 25.5 Å². The zero-order valence-electron chi connectivity index (χ0n) is 14.4. The Morgan fingerprint density at radius 1 is 1.32 bits per heavy atom. The maximum absolute atomic E-state index is 13.7. The molecule has 3 aromatic rings. The van der Waals surface area contributed by atoms with E-state index >= 15 is 0 Å². The number of carboxylic acid groups (broad SMARTS) is 1. The second kappa shape index (κ2) is 7.23. The summed E-state index contributed by atoms with van der Waals surface area (Å²) in [5.41, 5.74) is 0.714. The van der Waals surface area contributed by atoms with Crippen LogP contribution in [0.15, 0.2) is 24.3 Å². The molecular formula is C18H15ClF2N4O3. The van der Waals surface area contributed by atoms with Gasteiger partial charge in [0.05, 0.1) is 16.5 Å². The molecule has 1 saturated carbocycles. The van der Waals surface area contributed by atoms with Gasteiger partial charge in [0.1, 0.15) is 23.6 Å². The molecule has 1 aliphatic carbocycles. The molecule has 2 aromatic heterocycles. The summed E-state index contributed by atoms with van der Waals surface area (Å²) in [7, 11) is 0. The molecule has 0 atom stereocenters. The summed E-state index contributed by atoms with van der Waals surface area (Å²) in [6.45, 7) is -0.136. The summed E-state index contributed by atoms with van der Waals surface area (Å²) in [5.74, 6) is -2.33. The van der Waals surface area contributed by atoms with Crippen molar-refractivity contribution in [3.8, 4) is 6.01 Å². The van der Waals surface area contributed by atoms with Gasteiger partial charge in [0.25, 0.3) is 6.01 Å². The van der Waals surface area contributed by atoms with Gasteiger partial charge in [-0.05, 0) is 31.0 Å². The average Bonchev–Trinajstić information content (AvgIpc) is 2.98. The fourth-order valence-electron chi connectivity index (χ4n) is 2.97. The second-order valence-corrected chi connectivity index (χ2v) is 6.94. The van der Waals surface area contributed by atoms with Crippen molar-refractivity contribution in [3.05, 3.63) is 46.5 Å². The van der Waals surface area contributed by atoms with Crippen molar-refractivity contribution in [2.24, 2.45) is 5.92 Å². The van der Waals surface area contributed by atoms with Crippen LogP contribution in [-0.2, 0) is 11.3 Å². The number of carbonyl (C=O) groups is 1. The molecule has 1 aliphatic rings. The Hall–Kier alpha value is -2.94. The number of hydrogen-bond donors (Lipinski definition) is 3. The van der Waals surface area contributed by atoms with Gasteiger partial charge in [-0.2, -0.15) is 4.98 Å². The fraction of sp³-hybridized carbons (Fsp3) is 0.278. The molecule has 2 heterocycles. The van der Waals surface area contributed by atoms with Gasteiger partial charge in [-0.1, -0.05) is 17.7 Å². The number of aromatic nitrogens is 3. The Balaban J connectivity index is 1.48. The molecule has 0 aliphatic heterocycles. The summed E-state index contributed by atoms with van der Waals surface area (Å²) >= 11 is 6.19. The van der Waals surface area contributed by atoms with Crippen LogP contribution in [0.25, 0.3) is 11.2 Å². The number of carboxylic acids is 1. The topological polar surface area (TPSA) is 100 Å². The number of anilines is 1. The van der Waals surface area contributed by atoms with Crippen molar-refractivity contribution in [1.29, 1.82) is 0 Å². The molecule has 3 N–H and O–H groups in total. The van der Waals surface area contributed by atoms with E-state index in [1.54, 1.807) is 6.07 Å². The zero-order chi connectivity index (χ0) is 19.8. The van der Waals surface area contributed by atoms with E-state index in [2.05, 4.69) is 20.3 Å². The van der Waals surface area contributed by atoms with Gasteiger partial charge >= 0.3 is 5.97 Å². The Morgan fingerprint density at radius 3 is 2.71 bits per heavy atom. The van der Waals surface area contributed by atoms with Crippen LogP contribution in [0.2, 0.25) is 5.02 Å². The predicted octanol–water partition coefficient (Wildman–Crippen LogP) is 3.74. The lowest BCUT2D eigenvalue weighted by Crippen LogP contribution is -2.38. The number of aliphatic carboxylic acids is 1. The van der Waals surface area contributed by atoms with Crippen LogP contribution < -0.4 is 10.1 Å². The molecule has 0 radical (unpaired) electrons. The van der Waals surface area contributed by atoms with E-state index in [0.717, 1.165) is 0 Å². The molecule has 1 aromatic carbocycles. The molecule has 4 rings (SSSR count). The van der Waals surface area contributed by atoms with Gasteiger partial charge in [-0.25, -0.2) is 13.8 Å². The van der Waals surface area contributed by atoms with E-state index < -0.39 is 23.5 Å². The number of nitrogens with one attached hydrogen (secondary N) is 2. The summed E-state index contributed by atoms with van der Waals surface area (Å²) in [4.78, 5) is 22.2. The minimum atomic E-state index is -0.833. The third kappa shape index (κ3) is 3.57. The Kier molecular flexibility index (Phi) is 4.76. The van der Waals surface area contributed by atoms with E-state index in [1.807, 2.05) is 0 Å². The third-order valence-electron chi connectivity index (χ3n) is 4.62. The van der Waals surface area contributed by atoms with Crippen LogP contribution in [0, 0.1) is 17.6 Å². The van der Waals surface area contributed by atoms with Crippen molar-refractivity contribution in [1.82, 2.24) is 15.0 Å². The van der Waals surface area contributed by atoms with Crippen LogP contribution in [0.3, 0.4) is 0 Å². The van der Waals surface area contributed by atoms with Crippen LogP contribution in [0.4, 0.5) is 14.6 Å². The fourth-order valence-corrected chi connectivity index (χ4v) is 3.19. The van der Waals surface area contributed by atoms with Crippen molar-refractivity contribution in [3.63, 3.8) is 0 Å². The minimum Gasteiger partial charge on any atom is -0.481 e. The molecule has 0 spiro atoms. The number of hydrogen-bond acceptors (Lipinski definition) is 5. The first-order valence-corrected chi connectivity index (χ1v) is 8.91. The number of rotatable bonds is 6. The number of H-pyrrole nitrogens is 1. The Morgan fingerprint density at radius 2 is 2.04 bits per heavy atom. The van der Waals surface area contributed by atoms with Gasteiger partial charge in [0.2, 0.25) is 0 Å². The maximum Gasteiger partial charge on any atom is 0.306 e. The van der Waals surface area contributed by atoms with E-state index in [9.17, 15) is 13.6 Å². The molecule has 0 bridgehead atoms. The first-order valence-electron chi connectivity index (χ1n) is 8.53. The van der Waals surface area contributed by atoms with Crippen molar-refractivity contribution < 1.29 is 23.4 Å². The van der Waals surface area contributed by atoms with Crippen LogP contribution in [-0.4, -0.2) is 32.1 Å². The Bertz CT molecular complexity index is 1030. The number of benzene rings is 1. The lowest BCUT2D eigenvalue weighted by atomic mass is 9.82. The quantitative estimate of drug-likeness (QED) is 0.574. The summed E-state index contributed by atoms with van der Waals surface area (Å²) in [6, 6.07) is 5.42. The Labute approximate surface area is 162 Å². The summed E-state index contributed by atoms with van der Waals surface area (Å²) < 4.78 is 33.1. The molecule has 10 heteroatoms. The second-order valence-electron chi connectivity index (χ2n) is 6.53. The third-order valence-corrected chi connectivity index (χ3v) is 4.91. The van der Waals surface area contributed by atoms with E-state index in [0.29, 0.717) is 24.0 Å². The molecule has 146 valence electrons. The number of pyridine rings is 1. The van der Waals surface area contributed by atoms with E-state index in [4.69, 9.17) is 21.4 Å². The molecule has 1 fully saturated rings. The van der Waals surface area contributed by atoms with Gasteiger partial charge in [-0.15, -0.1) is 0 Å². The van der Waals surface area contributed by atoms with Crippen LogP contribution >= 0.6 is 11.6 Å². The highest BCUT2D eigenvalue weighted by Crippen LogP contribution is 2.32. The first kappa shape index (κ1) is 18.4. The van der Waals surface area contributed by atoms with E-state index in [-0.39, 0.29) is 35.1 Å². The molecule has 0 saturated heterocycles.